The van der Waals surface area contributed by atoms with E-state index in [1.165, 1.54) is 6.07 Å². The summed E-state index contributed by atoms with van der Waals surface area (Å²) in [7, 11) is -3.90. The van der Waals surface area contributed by atoms with E-state index in [9.17, 15) is 18.5 Å². The van der Waals surface area contributed by atoms with Gasteiger partial charge in [0.15, 0.2) is 4.90 Å². The van der Waals surface area contributed by atoms with E-state index in [1.54, 1.807) is 19.9 Å². The molecule has 1 aromatic rings. The lowest BCUT2D eigenvalue weighted by atomic mass is 10.1. The number of nitro groups is 1. The van der Waals surface area contributed by atoms with Crippen molar-refractivity contribution in [3.05, 3.63) is 33.4 Å². The summed E-state index contributed by atoms with van der Waals surface area (Å²) in [6, 6.07) is 2.58. The molecule has 1 saturated heterocycles. The van der Waals surface area contributed by atoms with Gasteiger partial charge in [0.05, 0.1) is 4.92 Å². The number of benzene rings is 1. The third-order valence-electron chi connectivity index (χ3n) is 3.50. The molecule has 0 aliphatic carbocycles. The molecule has 0 amide bonds. The number of nitrogens with zero attached hydrogens (tertiary/aromatic N) is 1. The number of nitro benzene ring substituents is 1. The summed E-state index contributed by atoms with van der Waals surface area (Å²) < 4.78 is 27.4. The van der Waals surface area contributed by atoms with Crippen molar-refractivity contribution in [3.8, 4) is 0 Å². The lowest BCUT2D eigenvalue weighted by molar-refractivity contribution is -0.387. The van der Waals surface area contributed by atoms with E-state index in [-0.39, 0.29) is 16.6 Å². The lowest BCUT2D eigenvalue weighted by Gasteiger charge is -2.14. The molecule has 2 N–H and O–H groups in total. The van der Waals surface area contributed by atoms with Crippen LogP contribution in [0.3, 0.4) is 0 Å². The molecule has 7 nitrogen and oxygen atoms in total. The average molecular weight is 299 g/mol. The predicted molar refractivity (Wildman–Crippen MR) is 74.2 cm³/mol. The van der Waals surface area contributed by atoms with E-state index in [2.05, 4.69) is 10.0 Å². The van der Waals surface area contributed by atoms with Crippen molar-refractivity contribution in [1.82, 2.24) is 10.0 Å². The molecule has 2 rings (SSSR count). The Morgan fingerprint density at radius 3 is 2.65 bits per heavy atom. The summed E-state index contributed by atoms with van der Waals surface area (Å²) in [4.78, 5) is 10.2. The van der Waals surface area contributed by atoms with Crippen LogP contribution in [0.4, 0.5) is 5.69 Å². The van der Waals surface area contributed by atoms with Gasteiger partial charge in [-0.25, -0.2) is 13.1 Å². The molecule has 1 aromatic carbocycles. The highest BCUT2D eigenvalue weighted by atomic mass is 32.2. The maximum absolute atomic E-state index is 12.4. The Kier molecular flexibility index (Phi) is 4.07. The molecule has 0 spiro atoms. The van der Waals surface area contributed by atoms with Crippen molar-refractivity contribution in [2.75, 3.05) is 13.1 Å². The molecule has 1 aliphatic rings. The zero-order valence-electron chi connectivity index (χ0n) is 11.3. The van der Waals surface area contributed by atoms with Gasteiger partial charge < -0.3 is 5.32 Å². The number of hydrogen-bond acceptors (Lipinski definition) is 5. The zero-order chi connectivity index (χ0) is 14.9. The second kappa shape index (κ2) is 5.47. The molecule has 0 saturated carbocycles. The van der Waals surface area contributed by atoms with E-state index >= 15 is 0 Å². The number of sulfonamides is 1. The molecule has 1 aliphatic heterocycles. The fourth-order valence-electron chi connectivity index (χ4n) is 2.29. The van der Waals surface area contributed by atoms with Gasteiger partial charge in [-0.15, -0.1) is 0 Å². The number of hydrogen-bond donors (Lipinski definition) is 2. The first-order valence-corrected chi connectivity index (χ1v) is 7.79. The van der Waals surface area contributed by atoms with E-state index < -0.39 is 14.9 Å². The van der Waals surface area contributed by atoms with Crippen molar-refractivity contribution in [2.45, 2.75) is 31.2 Å². The molecule has 0 radical (unpaired) electrons. The lowest BCUT2D eigenvalue weighted by Crippen LogP contribution is -2.36. The van der Waals surface area contributed by atoms with Crippen molar-refractivity contribution < 1.29 is 13.3 Å². The van der Waals surface area contributed by atoms with Gasteiger partial charge in [0, 0.05) is 18.7 Å². The Morgan fingerprint density at radius 1 is 1.40 bits per heavy atom. The monoisotopic (exact) mass is 299 g/mol. The molecular formula is C12H17N3O4S. The van der Waals surface area contributed by atoms with Crippen LogP contribution in [0.25, 0.3) is 0 Å². The molecule has 1 fully saturated rings. The van der Waals surface area contributed by atoms with Crippen molar-refractivity contribution in [1.29, 1.82) is 0 Å². The minimum absolute atomic E-state index is 0.223. The SMILES string of the molecule is Cc1ccc([N+](=O)[O-])c(S(=O)(=O)NC2CCNC2)c1C. The highest BCUT2D eigenvalue weighted by molar-refractivity contribution is 7.89. The van der Waals surface area contributed by atoms with Crippen LogP contribution in [0.2, 0.25) is 0 Å². The van der Waals surface area contributed by atoms with Gasteiger partial charge in [0.1, 0.15) is 0 Å². The largest absolute Gasteiger partial charge is 0.315 e. The summed E-state index contributed by atoms with van der Waals surface area (Å²) in [6.07, 6.45) is 0.678. The van der Waals surface area contributed by atoms with Crippen LogP contribution in [0.15, 0.2) is 17.0 Å². The van der Waals surface area contributed by atoms with Crippen LogP contribution in [0, 0.1) is 24.0 Å². The molecule has 0 aromatic heterocycles. The van der Waals surface area contributed by atoms with Crippen LogP contribution in [-0.4, -0.2) is 32.5 Å². The number of aryl methyl sites for hydroxylation is 1. The number of rotatable bonds is 4. The van der Waals surface area contributed by atoms with Crippen molar-refractivity contribution in [3.63, 3.8) is 0 Å². The number of nitrogens with one attached hydrogen (secondary N) is 2. The summed E-state index contributed by atoms with van der Waals surface area (Å²) in [5.41, 5.74) is 0.740. The van der Waals surface area contributed by atoms with Crippen LogP contribution in [-0.2, 0) is 10.0 Å². The first-order chi connectivity index (χ1) is 9.33. The molecule has 1 unspecified atom stereocenters. The predicted octanol–water partition coefficient (Wildman–Crippen LogP) is 0.852. The molecular weight excluding hydrogens is 282 g/mol. The summed E-state index contributed by atoms with van der Waals surface area (Å²) >= 11 is 0. The molecule has 8 heteroatoms. The standard InChI is InChI=1S/C12H17N3O4S/c1-8-3-4-11(15(16)17)12(9(8)2)20(18,19)14-10-5-6-13-7-10/h3-4,10,13-14H,5-7H2,1-2H3. The minimum Gasteiger partial charge on any atom is -0.315 e. The maximum Gasteiger partial charge on any atom is 0.289 e. The van der Waals surface area contributed by atoms with Gasteiger partial charge in [0.2, 0.25) is 10.0 Å². The molecule has 1 atom stereocenters. The molecule has 20 heavy (non-hydrogen) atoms. The van der Waals surface area contributed by atoms with Gasteiger partial charge in [-0.3, -0.25) is 10.1 Å². The Hall–Kier alpha value is -1.51. The van der Waals surface area contributed by atoms with E-state index in [4.69, 9.17) is 0 Å². The van der Waals surface area contributed by atoms with Crippen LogP contribution in [0.5, 0.6) is 0 Å². The third kappa shape index (κ3) is 2.82. The van der Waals surface area contributed by atoms with Crippen LogP contribution >= 0.6 is 0 Å². The zero-order valence-corrected chi connectivity index (χ0v) is 12.2. The van der Waals surface area contributed by atoms with Crippen LogP contribution < -0.4 is 10.0 Å². The van der Waals surface area contributed by atoms with E-state index in [1.807, 2.05) is 0 Å². The summed E-state index contributed by atoms with van der Waals surface area (Å²) in [5, 5.41) is 14.1. The van der Waals surface area contributed by atoms with Crippen LogP contribution in [0.1, 0.15) is 17.5 Å². The Balaban J connectivity index is 2.49. The fourth-order valence-corrected chi connectivity index (χ4v) is 4.03. The van der Waals surface area contributed by atoms with Gasteiger partial charge in [-0.2, -0.15) is 0 Å². The topological polar surface area (TPSA) is 101 Å². The Morgan fingerprint density at radius 2 is 2.10 bits per heavy atom. The smallest absolute Gasteiger partial charge is 0.289 e. The Bertz CT molecular complexity index is 636. The maximum atomic E-state index is 12.4. The quantitative estimate of drug-likeness (QED) is 0.634. The molecule has 110 valence electrons. The van der Waals surface area contributed by atoms with Gasteiger partial charge in [-0.1, -0.05) is 6.07 Å². The van der Waals surface area contributed by atoms with E-state index in [0.717, 1.165) is 6.54 Å². The second-order valence-electron chi connectivity index (χ2n) is 4.92. The van der Waals surface area contributed by atoms with Gasteiger partial charge in [0.25, 0.3) is 5.69 Å². The average Bonchev–Trinajstić information content (AvgIpc) is 2.83. The van der Waals surface area contributed by atoms with Gasteiger partial charge in [-0.05, 0) is 37.9 Å². The van der Waals surface area contributed by atoms with Crippen molar-refractivity contribution in [2.24, 2.45) is 0 Å². The second-order valence-corrected chi connectivity index (χ2v) is 6.57. The molecule has 0 bridgehead atoms. The highest BCUT2D eigenvalue weighted by Crippen LogP contribution is 2.29. The minimum atomic E-state index is -3.90. The molecule has 1 heterocycles. The van der Waals surface area contributed by atoms with E-state index in [0.29, 0.717) is 24.1 Å². The first-order valence-electron chi connectivity index (χ1n) is 6.30. The van der Waals surface area contributed by atoms with Crippen molar-refractivity contribution >= 4 is 15.7 Å². The first kappa shape index (κ1) is 14.9. The normalized spacial score (nSPS) is 19.2. The highest BCUT2D eigenvalue weighted by Gasteiger charge is 2.31. The van der Waals surface area contributed by atoms with Gasteiger partial charge >= 0.3 is 0 Å². The Labute approximate surface area is 117 Å². The third-order valence-corrected chi connectivity index (χ3v) is 5.20. The summed E-state index contributed by atoms with van der Waals surface area (Å²) in [5.74, 6) is 0. The fraction of sp³-hybridized carbons (Fsp3) is 0.500. The summed E-state index contributed by atoms with van der Waals surface area (Å²) in [6.45, 7) is 4.60.